The van der Waals surface area contributed by atoms with Gasteiger partial charge in [0, 0.05) is 34.9 Å². The maximum atomic E-state index is 10.9. The highest BCUT2D eigenvalue weighted by Gasteiger charge is 2.16. The fourth-order valence-corrected chi connectivity index (χ4v) is 5.01. The molecule has 0 spiro atoms. The highest BCUT2D eigenvalue weighted by atomic mass is 32.2. The molecule has 0 aliphatic heterocycles. The molecule has 0 aromatic heterocycles. The van der Waals surface area contributed by atoms with Crippen LogP contribution in [-0.2, 0) is 5.75 Å². The molecule has 142 valence electrons. The summed E-state index contributed by atoms with van der Waals surface area (Å²) in [6, 6.07) is 23.0. The van der Waals surface area contributed by atoms with Crippen LogP contribution >= 0.6 is 23.5 Å². The molecule has 3 rings (SSSR count). The Morgan fingerprint density at radius 1 is 0.750 bits per heavy atom. The average molecular weight is 412 g/mol. The lowest BCUT2D eigenvalue weighted by molar-refractivity contribution is -0.385. The van der Waals surface area contributed by atoms with Crippen LogP contribution in [-0.4, -0.2) is 9.85 Å². The van der Waals surface area contributed by atoms with Gasteiger partial charge in [-0.15, -0.1) is 23.5 Å². The predicted molar refractivity (Wildman–Crippen MR) is 113 cm³/mol. The highest BCUT2D eigenvalue weighted by molar-refractivity contribution is 8.16. The first kappa shape index (κ1) is 19.9. The first-order chi connectivity index (χ1) is 13.5. The predicted octanol–water partition coefficient (Wildman–Crippen LogP) is 6.23. The second-order valence-corrected chi connectivity index (χ2v) is 8.42. The van der Waals surface area contributed by atoms with Crippen LogP contribution in [0.15, 0.2) is 83.8 Å². The van der Waals surface area contributed by atoms with E-state index in [0.717, 1.165) is 16.0 Å². The van der Waals surface area contributed by atoms with Crippen molar-refractivity contribution < 1.29 is 9.85 Å². The van der Waals surface area contributed by atoms with Gasteiger partial charge in [0.2, 0.25) is 0 Å². The normalized spacial score (nSPS) is 11.7. The molecular formula is C20H16N2O4S2. The van der Waals surface area contributed by atoms with Gasteiger partial charge < -0.3 is 0 Å². The zero-order chi connectivity index (χ0) is 19.9. The molecule has 0 aliphatic carbocycles. The van der Waals surface area contributed by atoms with Crippen LogP contribution in [0.4, 0.5) is 11.4 Å². The van der Waals surface area contributed by atoms with Crippen molar-refractivity contribution in [3.8, 4) is 0 Å². The van der Waals surface area contributed by atoms with E-state index < -0.39 is 9.85 Å². The Balaban J connectivity index is 1.77. The number of benzene rings is 3. The standard InChI is InChI=1S/C20H16N2O4S2/c23-21(24)17-10-6-15(7-11-17)14-27-20(28-19-4-2-1-3-5-19)16-8-12-18(13-9-16)22(25)26/h1-13,20H,14H2. The SMILES string of the molecule is O=[N+]([O-])c1ccc(CSC(Sc2ccccc2)c2ccc([N+](=O)[O-])cc2)cc1. The van der Waals surface area contributed by atoms with Crippen LogP contribution in [0.5, 0.6) is 0 Å². The second-order valence-electron chi connectivity index (χ2n) is 5.85. The van der Waals surface area contributed by atoms with Crippen molar-refractivity contribution in [2.75, 3.05) is 0 Å². The van der Waals surface area contributed by atoms with E-state index in [-0.39, 0.29) is 16.0 Å². The molecule has 0 heterocycles. The summed E-state index contributed by atoms with van der Waals surface area (Å²) in [4.78, 5) is 22.0. The van der Waals surface area contributed by atoms with Gasteiger partial charge in [-0.1, -0.05) is 42.5 Å². The molecule has 0 saturated heterocycles. The van der Waals surface area contributed by atoms with Gasteiger partial charge in [-0.3, -0.25) is 20.2 Å². The number of hydrogen-bond acceptors (Lipinski definition) is 6. The minimum absolute atomic E-state index is 0.0263. The quantitative estimate of drug-likeness (QED) is 0.189. The molecule has 3 aromatic carbocycles. The molecule has 0 amide bonds. The summed E-state index contributed by atoms with van der Waals surface area (Å²) in [5.74, 6) is 0.666. The molecule has 0 fully saturated rings. The lowest BCUT2D eigenvalue weighted by Crippen LogP contribution is -1.94. The van der Waals surface area contributed by atoms with Crippen LogP contribution in [0.3, 0.4) is 0 Å². The Hall–Kier alpha value is -2.84. The van der Waals surface area contributed by atoms with Gasteiger partial charge in [0.25, 0.3) is 11.4 Å². The van der Waals surface area contributed by atoms with Crippen molar-refractivity contribution in [1.82, 2.24) is 0 Å². The van der Waals surface area contributed by atoms with Gasteiger partial charge in [-0.25, -0.2) is 0 Å². The monoisotopic (exact) mass is 412 g/mol. The molecule has 0 N–H and O–H groups in total. The summed E-state index contributed by atoms with van der Waals surface area (Å²) in [7, 11) is 0. The van der Waals surface area contributed by atoms with E-state index in [2.05, 4.69) is 0 Å². The third-order valence-corrected chi connectivity index (χ3v) is 6.71. The Morgan fingerprint density at radius 2 is 1.29 bits per heavy atom. The van der Waals surface area contributed by atoms with Crippen molar-refractivity contribution in [1.29, 1.82) is 0 Å². The topological polar surface area (TPSA) is 86.3 Å². The Bertz CT molecular complexity index is 948. The molecule has 8 heteroatoms. The highest BCUT2D eigenvalue weighted by Crippen LogP contribution is 2.45. The maximum Gasteiger partial charge on any atom is 0.269 e. The molecule has 28 heavy (non-hydrogen) atoms. The number of nitro benzene ring substituents is 2. The van der Waals surface area contributed by atoms with Crippen molar-refractivity contribution in [3.63, 3.8) is 0 Å². The van der Waals surface area contributed by atoms with Gasteiger partial charge in [0.05, 0.1) is 14.4 Å². The van der Waals surface area contributed by atoms with E-state index >= 15 is 0 Å². The van der Waals surface area contributed by atoms with E-state index in [9.17, 15) is 20.2 Å². The third-order valence-electron chi connectivity index (χ3n) is 3.91. The first-order valence-electron chi connectivity index (χ1n) is 8.34. The molecule has 0 bridgehead atoms. The zero-order valence-corrected chi connectivity index (χ0v) is 16.3. The smallest absolute Gasteiger partial charge is 0.258 e. The lowest BCUT2D eigenvalue weighted by Gasteiger charge is -2.17. The summed E-state index contributed by atoms with van der Waals surface area (Å²) < 4.78 is 0.0263. The molecule has 6 nitrogen and oxygen atoms in total. The van der Waals surface area contributed by atoms with E-state index in [1.807, 2.05) is 30.3 Å². The van der Waals surface area contributed by atoms with E-state index in [4.69, 9.17) is 0 Å². The van der Waals surface area contributed by atoms with Gasteiger partial charge in [0.15, 0.2) is 0 Å². The van der Waals surface area contributed by atoms with Crippen molar-refractivity contribution >= 4 is 34.9 Å². The van der Waals surface area contributed by atoms with E-state index in [1.54, 1.807) is 47.8 Å². The lowest BCUT2D eigenvalue weighted by atomic mass is 10.2. The molecule has 1 unspecified atom stereocenters. The summed E-state index contributed by atoms with van der Waals surface area (Å²) >= 11 is 3.34. The number of thioether (sulfide) groups is 2. The summed E-state index contributed by atoms with van der Waals surface area (Å²) in [6.07, 6.45) is 0. The molecule has 0 saturated carbocycles. The largest absolute Gasteiger partial charge is 0.269 e. The minimum atomic E-state index is -0.415. The van der Waals surface area contributed by atoms with Gasteiger partial charge in [-0.05, 0) is 23.3 Å². The number of nitrogens with zero attached hydrogens (tertiary/aromatic N) is 2. The van der Waals surface area contributed by atoms with Crippen molar-refractivity contribution in [2.24, 2.45) is 0 Å². The molecule has 3 aromatic rings. The Labute approximate surface area is 170 Å². The first-order valence-corrected chi connectivity index (χ1v) is 10.3. The minimum Gasteiger partial charge on any atom is -0.258 e. The summed E-state index contributed by atoms with van der Waals surface area (Å²) in [5, 5.41) is 21.7. The number of hydrogen-bond donors (Lipinski definition) is 0. The fourth-order valence-electron chi connectivity index (χ4n) is 2.46. The molecule has 0 aliphatic rings. The van der Waals surface area contributed by atoms with Gasteiger partial charge in [-0.2, -0.15) is 0 Å². The molecule has 1 atom stereocenters. The summed E-state index contributed by atoms with van der Waals surface area (Å²) in [6.45, 7) is 0. The van der Waals surface area contributed by atoms with Crippen LogP contribution in [0.2, 0.25) is 0 Å². The third kappa shape index (κ3) is 5.34. The Kier molecular flexibility index (Phi) is 6.67. The number of non-ortho nitro benzene ring substituents is 2. The zero-order valence-electron chi connectivity index (χ0n) is 14.6. The maximum absolute atomic E-state index is 10.9. The van der Waals surface area contributed by atoms with Gasteiger partial charge in [0.1, 0.15) is 0 Å². The fraction of sp³-hybridized carbons (Fsp3) is 0.100. The van der Waals surface area contributed by atoms with Crippen LogP contribution in [0, 0.1) is 20.2 Å². The summed E-state index contributed by atoms with van der Waals surface area (Å²) in [5.41, 5.74) is 2.09. The van der Waals surface area contributed by atoms with E-state index in [1.165, 1.54) is 24.3 Å². The molecular weight excluding hydrogens is 396 g/mol. The van der Waals surface area contributed by atoms with Crippen molar-refractivity contribution in [2.45, 2.75) is 15.2 Å². The second kappa shape index (κ2) is 9.38. The Morgan fingerprint density at radius 3 is 1.82 bits per heavy atom. The van der Waals surface area contributed by atoms with E-state index in [0.29, 0.717) is 5.75 Å². The number of rotatable bonds is 8. The molecule has 0 radical (unpaired) electrons. The number of nitro groups is 2. The van der Waals surface area contributed by atoms with Crippen LogP contribution in [0.1, 0.15) is 15.7 Å². The van der Waals surface area contributed by atoms with Crippen LogP contribution in [0.25, 0.3) is 0 Å². The average Bonchev–Trinajstić information content (AvgIpc) is 2.72. The van der Waals surface area contributed by atoms with Crippen molar-refractivity contribution in [3.05, 3.63) is 110 Å². The van der Waals surface area contributed by atoms with Gasteiger partial charge >= 0.3 is 0 Å². The van der Waals surface area contributed by atoms with Crippen LogP contribution < -0.4 is 0 Å².